The minimum atomic E-state index is 0.156. The number of pyridine rings is 1. The quantitative estimate of drug-likeness (QED) is 0.663. The number of H-pyrrole nitrogens is 1. The molecule has 0 aromatic carbocycles. The number of imidazole rings is 1. The molecule has 25 heavy (non-hydrogen) atoms. The van der Waals surface area contributed by atoms with Gasteiger partial charge in [-0.1, -0.05) is 6.07 Å². The smallest absolute Gasteiger partial charge is 0.224 e. The van der Waals surface area contributed by atoms with Gasteiger partial charge in [-0.25, -0.2) is 4.98 Å². The maximum absolute atomic E-state index is 5.90. The van der Waals surface area contributed by atoms with Crippen LogP contribution in [0.5, 0.6) is 0 Å². The van der Waals surface area contributed by atoms with E-state index in [1.165, 1.54) is 0 Å². The molecule has 1 aliphatic rings. The van der Waals surface area contributed by atoms with Gasteiger partial charge in [-0.3, -0.25) is 9.88 Å². The standard InChI is InChI=1S/C17H22N8/c1-10-3-2-4-12(20-10)9-25-7-5-11(6-8-25)15-21-13-14(18)22-17(19)24-16(13)23-15/h2-4,11H,5-9H2,1H3,(H5,18,19,21,22,23,24). The Labute approximate surface area is 145 Å². The first kappa shape index (κ1) is 15.8. The summed E-state index contributed by atoms with van der Waals surface area (Å²) in [6.07, 6.45) is 2.07. The van der Waals surface area contributed by atoms with Crippen molar-refractivity contribution in [1.29, 1.82) is 0 Å². The summed E-state index contributed by atoms with van der Waals surface area (Å²) in [5, 5.41) is 0. The van der Waals surface area contributed by atoms with Crippen molar-refractivity contribution in [3.8, 4) is 0 Å². The minimum Gasteiger partial charge on any atom is -0.382 e. The molecule has 1 fully saturated rings. The zero-order valence-corrected chi connectivity index (χ0v) is 14.2. The van der Waals surface area contributed by atoms with Gasteiger partial charge in [0.05, 0.1) is 5.69 Å². The molecule has 4 heterocycles. The van der Waals surface area contributed by atoms with Crippen LogP contribution in [0.1, 0.15) is 36.0 Å². The molecule has 1 saturated heterocycles. The number of aryl methyl sites for hydroxylation is 1. The van der Waals surface area contributed by atoms with Crippen molar-refractivity contribution in [1.82, 2.24) is 29.8 Å². The maximum Gasteiger partial charge on any atom is 0.224 e. The van der Waals surface area contributed by atoms with Gasteiger partial charge in [0.1, 0.15) is 11.3 Å². The third-order valence-corrected chi connectivity index (χ3v) is 4.72. The summed E-state index contributed by atoms with van der Waals surface area (Å²) in [7, 11) is 0. The number of hydrogen-bond acceptors (Lipinski definition) is 7. The van der Waals surface area contributed by atoms with Crippen LogP contribution >= 0.6 is 0 Å². The number of anilines is 2. The second-order valence-electron chi connectivity index (χ2n) is 6.61. The molecule has 0 amide bonds. The predicted octanol–water partition coefficient (Wildman–Crippen LogP) is 1.60. The van der Waals surface area contributed by atoms with Crippen molar-refractivity contribution >= 4 is 22.9 Å². The lowest BCUT2D eigenvalue weighted by molar-refractivity contribution is 0.200. The van der Waals surface area contributed by atoms with E-state index >= 15 is 0 Å². The summed E-state index contributed by atoms with van der Waals surface area (Å²) in [5.41, 5.74) is 15.0. The van der Waals surface area contributed by atoms with E-state index < -0.39 is 0 Å². The Kier molecular flexibility index (Phi) is 3.96. The van der Waals surface area contributed by atoms with E-state index in [4.69, 9.17) is 11.5 Å². The van der Waals surface area contributed by atoms with Crippen LogP contribution in [-0.2, 0) is 6.54 Å². The van der Waals surface area contributed by atoms with Gasteiger partial charge in [0.25, 0.3) is 0 Å². The number of nitrogens with zero attached hydrogens (tertiary/aromatic N) is 5. The van der Waals surface area contributed by atoms with Crippen LogP contribution in [0.2, 0.25) is 0 Å². The highest BCUT2D eigenvalue weighted by Gasteiger charge is 2.24. The van der Waals surface area contributed by atoms with E-state index in [-0.39, 0.29) is 5.95 Å². The summed E-state index contributed by atoms with van der Waals surface area (Å²) >= 11 is 0. The Morgan fingerprint density at radius 3 is 2.68 bits per heavy atom. The summed E-state index contributed by atoms with van der Waals surface area (Å²) in [6, 6.07) is 6.18. The van der Waals surface area contributed by atoms with Gasteiger partial charge in [-0.05, 0) is 45.0 Å². The number of fused-ring (bicyclic) bond motifs is 1. The van der Waals surface area contributed by atoms with E-state index in [1.807, 2.05) is 13.0 Å². The number of nitrogens with one attached hydrogen (secondary N) is 1. The first-order valence-corrected chi connectivity index (χ1v) is 8.52. The molecule has 0 spiro atoms. The largest absolute Gasteiger partial charge is 0.382 e. The van der Waals surface area contributed by atoms with Gasteiger partial charge in [0.2, 0.25) is 5.95 Å². The summed E-state index contributed by atoms with van der Waals surface area (Å²) < 4.78 is 0. The average Bonchev–Trinajstić information content (AvgIpc) is 3.00. The van der Waals surface area contributed by atoms with Crippen LogP contribution in [0.15, 0.2) is 18.2 Å². The Bertz CT molecular complexity index is 895. The molecular weight excluding hydrogens is 316 g/mol. The predicted molar refractivity (Wildman–Crippen MR) is 96.7 cm³/mol. The lowest BCUT2D eigenvalue weighted by Gasteiger charge is -2.30. The Morgan fingerprint density at radius 2 is 1.92 bits per heavy atom. The zero-order valence-electron chi connectivity index (χ0n) is 14.2. The van der Waals surface area contributed by atoms with Gasteiger partial charge in [0.15, 0.2) is 11.5 Å². The molecule has 0 saturated carbocycles. The molecule has 5 N–H and O–H groups in total. The number of nitrogens with two attached hydrogens (primary N) is 2. The molecule has 0 radical (unpaired) electrons. The molecule has 130 valence electrons. The van der Waals surface area contributed by atoms with Crippen molar-refractivity contribution in [2.24, 2.45) is 0 Å². The lowest BCUT2D eigenvalue weighted by atomic mass is 9.96. The number of likely N-dealkylation sites (tertiary alicyclic amines) is 1. The molecule has 3 aromatic heterocycles. The highest BCUT2D eigenvalue weighted by atomic mass is 15.1. The molecule has 0 aliphatic carbocycles. The molecule has 1 aliphatic heterocycles. The van der Waals surface area contributed by atoms with Crippen LogP contribution in [-0.4, -0.2) is 42.9 Å². The lowest BCUT2D eigenvalue weighted by Crippen LogP contribution is -2.33. The van der Waals surface area contributed by atoms with Crippen LogP contribution in [0, 0.1) is 6.92 Å². The Morgan fingerprint density at radius 1 is 1.12 bits per heavy atom. The minimum absolute atomic E-state index is 0.156. The second kappa shape index (κ2) is 6.29. The number of rotatable bonds is 3. The number of hydrogen-bond donors (Lipinski definition) is 3. The number of piperidine rings is 1. The van der Waals surface area contributed by atoms with Gasteiger partial charge in [0, 0.05) is 18.2 Å². The highest BCUT2D eigenvalue weighted by molar-refractivity contribution is 5.82. The molecule has 8 nitrogen and oxygen atoms in total. The molecule has 0 unspecified atom stereocenters. The average molecular weight is 338 g/mol. The topological polar surface area (TPSA) is 123 Å². The van der Waals surface area contributed by atoms with E-state index in [1.54, 1.807) is 0 Å². The molecule has 3 aromatic rings. The first-order valence-electron chi connectivity index (χ1n) is 8.52. The van der Waals surface area contributed by atoms with Crippen LogP contribution < -0.4 is 11.5 Å². The summed E-state index contributed by atoms with van der Waals surface area (Å²) in [6.45, 7) is 4.95. The van der Waals surface area contributed by atoms with Crippen molar-refractivity contribution < 1.29 is 0 Å². The molecule has 8 heteroatoms. The molecule has 0 atom stereocenters. The Balaban J connectivity index is 1.44. The van der Waals surface area contributed by atoms with E-state index in [0.29, 0.717) is 22.9 Å². The van der Waals surface area contributed by atoms with Crippen molar-refractivity contribution in [3.05, 3.63) is 35.4 Å². The van der Waals surface area contributed by atoms with Crippen molar-refractivity contribution in [3.63, 3.8) is 0 Å². The number of aromatic nitrogens is 5. The van der Waals surface area contributed by atoms with Crippen LogP contribution in [0.4, 0.5) is 11.8 Å². The van der Waals surface area contributed by atoms with Crippen molar-refractivity contribution in [2.75, 3.05) is 24.6 Å². The molecular formula is C17H22N8. The highest BCUT2D eigenvalue weighted by Crippen LogP contribution is 2.29. The SMILES string of the molecule is Cc1cccc(CN2CCC(c3nc4nc(N)nc(N)c4[nH]3)CC2)n1. The van der Waals surface area contributed by atoms with Gasteiger partial charge in [-0.2, -0.15) is 9.97 Å². The fourth-order valence-electron chi connectivity index (χ4n) is 3.43. The molecule has 0 bridgehead atoms. The molecule has 4 rings (SSSR count). The fourth-order valence-corrected chi connectivity index (χ4v) is 3.43. The number of nitrogen functional groups attached to an aromatic ring is 2. The van der Waals surface area contributed by atoms with Gasteiger partial charge in [-0.15, -0.1) is 0 Å². The van der Waals surface area contributed by atoms with Gasteiger partial charge >= 0.3 is 0 Å². The monoisotopic (exact) mass is 338 g/mol. The third kappa shape index (κ3) is 3.25. The van der Waals surface area contributed by atoms with Crippen LogP contribution in [0.3, 0.4) is 0 Å². The maximum atomic E-state index is 5.90. The van der Waals surface area contributed by atoms with E-state index in [9.17, 15) is 0 Å². The van der Waals surface area contributed by atoms with E-state index in [2.05, 4.69) is 42.0 Å². The fraction of sp³-hybridized carbons (Fsp3) is 0.412. The summed E-state index contributed by atoms with van der Waals surface area (Å²) in [5.74, 6) is 1.80. The van der Waals surface area contributed by atoms with Crippen molar-refractivity contribution in [2.45, 2.75) is 32.2 Å². The van der Waals surface area contributed by atoms with E-state index in [0.717, 1.165) is 49.7 Å². The normalized spacial score (nSPS) is 16.5. The Hall–Kier alpha value is -2.74. The van der Waals surface area contributed by atoms with Gasteiger partial charge < -0.3 is 16.5 Å². The zero-order chi connectivity index (χ0) is 17.4. The third-order valence-electron chi connectivity index (χ3n) is 4.72. The second-order valence-corrected chi connectivity index (χ2v) is 6.61. The first-order chi connectivity index (χ1) is 12.1. The summed E-state index contributed by atoms with van der Waals surface area (Å²) in [4.78, 5) is 23.0. The number of aromatic amines is 1. The van der Waals surface area contributed by atoms with Crippen LogP contribution in [0.25, 0.3) is 11.2 Å².